The van der Waals surface area contributed by atoms with Gasteiger partial charge in [0.05, 0.1) is 16.8 Å². The number of pyridine rings is 1. The zero-order chi connectivity index (χ0) is 19.7. The second-order valence-electron chi connectivity index (χ2n) is 7.30. The second-order valence-corrected chi connectivity index (χ2v) is 7.30. The van der Waals surface area contributed by atoms with Crippen LogP contribution in [-0.4, -0.2) is 28.2 Å². The number of nitrogens with zero attached hydrogens (tertiary/aromatic N) is 3. The van der Waals surface area contributed by atoms with E-state index < -0.39 is 0 Å². The maximum atomic E-state index is 5.63. The molecule has 142 valence electrons. The molecule has 28 heavy (non-hydrogen) atoms. The molecule has 2 heterocycles. The molecule has 0 fully saturated rings. The Labute approximate surface area is 164 Å². The van der Waals surface area contributed by atoms with Crippen LogP contribution in [-0.2, 0) is 6.42 Å². The molecule has 5 heteroatoms. The number of nitrogens with one attached hydrogen (secondary N) is 1. The van der Waals surface area contributed by atoms with Gasteiger partial charge in [-0.2, -0.15) is 4.98 Å². The summed E-state index contributed by atoms with van der Waals surface area (Å²) in [7, 11) is 1.93. The molecule has 0 saturated carbocycles. The van der Waals surface area contributed by atoms with Gasteiger partial charge >= 0.3 is 0 Å². The monoisotopic (exact) mass is 372 g/mol. The molecule has 5 nitrogen and oxygen atoms in total. The summed E-state index contributed by atoms with van der Waals surface area (Å²) < 4.78 is 5.63. The van der Waals surface area contributed by atoms with Crippen molar-refractivity contribution in [2.75, 3.05) is 7.05 Å². The average Bonchev–Trinajstić information content (AvgIpc) is 3.15. The largest absolute Gasteiger partial charge is 0.334 e. The Balaban J connectivity index is 1.86. The van der Waals surface area contributed by atoms with Gasteiger partial charge in [-0.1, -0.05) is 47.1 Å². The van der Waals surface area contributed by atoms with Crippen LogP contribution in [0.2, 0.25) is 0 Å². The third-order valence-corrected chi connectivity index (χ3v) is 5.05. The van der Waals surface area contributed by atoms with Gasteiger partial charge in [-0.05, 0) is 45.5 Å². The Bertz CT molecular complexity index is 1130. The molecule has 0 amide bonds. The van der Waals surface area contributed by atoms with Gasteiger partial charge in [0, 0.05) is 23.4 Å². The van der Waals surface area contributed by atoms with Gasteiger partial charge in [0.25, 0.3) is 5.89 Å². The number of aromatic nitrogens is 3. The second kappa shape index (κ2) is 7.52. The summed E-state index contributed by atoms with van der Waals surface area (Å²) in [4.78, 5) is 9.54. The highest BCUT2D eigenvalue weighted by molar-refractivity contribution is 5.94. The van der Waals surface area contributed by atoms with E-state index in [1.54, 1.807) is 0 Å². The first kappa shape index (κ1) is 18.3. The standard InChI is InChI=1S/C23H24N4O/c1-14-9-10-17(15(2)11-14)21-13-19(18-7-5-6-8-20(18)25-21)23-26-22(27-28-23)12-16(3)24-4/h5-11,13,16,24H,12H2,1-4H3. The fraction of sp³-hybridized carbons (Fsp3) is 0.261. The van der Waals surface area contributed by atoms with E-state index >= 15 is 0 Å². The van der Waals surface area contributed by atoms with Crippen LogP contribution >= 0.6 is 0 Å². The summed E-state index contributed by atoms with van der Waals surface area (Å²) in [5.74, 6) is 1.23. The lowest BCUT2D eigenvalue weighted by atomic mass is 9.99. The molecule has 1 N–H and O–H groups in total. The molecule has 0 aliphatic carbocycles. The topological polar surface area (TPSA) is 63.8 Å². The lowest BCUT2D eigenvalue weighted by Crippen LogP contribution is -2.24. The number of rotatable bonds is 5. The van der Waals surface area contributed by atoms with Gasteiger partial charge in [-0.3, -0.25) is 0 Å². The highest BCUT2D eigenvalue weighted by atomic mass is 16.5. The van der Waals surface area contributed by atoms with E-state index in [0.717, 1.165) is 27.7 Å². The highest BCUT2D eigenvalue weighted by Gasteiger charge is 2.16. The molecule has 2 aromatic carbocycles. The predicted molar refractivity (Wildman–Crippen MR) is 112 cm³/mol. The van der Waals surface area contributed by atoms with E-state index in [1.807, 2.05) is 31.3 Å². The third-order valence-electron chi connectivity index (χ3n) is 5.05. The first-order chi connectivity index (χ1) is 13.5. The Morgan fingerprint density at radius 3 is 2.61 bits per heavy atom. The highest BCUT2D eigenvalue weighted by Crippen LogP contribution is 2.32. The van der Waals surface area contributed by atoms with Crippen molar-refractivity contribution in [1.29, 1.82) is 0 Å². The molecule has 1 unspecified atom stereocenters. The number of aryl methyl sites for hydroxylation is 2. The van der Waals surface area contributed by atoms with Crippen molar-refractivity contribution in [3.8, 4) is 22.7 Å². The number of likely N-dealkylation sites (N-methyl/N-ethyl adjacent to an activating group) is 1. The molecule has 2 aromatic heterocycles. The van der Waals surface area contributed by atoms with Gasteiger partial charge in [0.2, 0.25) is 0 Å². The van der Waals surface area contributed by atoms with Crippen molar-refractivity contribution >= 4 is 10.9 Å². The van der Waals surface area contributed by atoms with E-state index in [9.17, 15) is 0 Å². The predicted octanol–water partition coefficient (Wildman–Crippen LogP) is 4.72. The lowest BCUT2D eigenvalue weighted by Gasteiger charge is -2.10. The van der Waals surface area contributed by atoms with Crippen molar-refractivity contribution in [2.24, 2.45) is 0 Å². The zero-order valence-electron chi connectivity index (χ0n) is 16.7. The van der Waals surface area contributed by atoms with Gasteiger partial charge in [-0.25, -0.2) is 4.98 Å². The van der Waals surface area contributed by atoms with E-state index in [1.165, 1.54) is 11.1 Å². The molecule has 1 atom stereocenters. The van der Waals surface area contributed by atoms with Crippen molar-refractivity contribution in [1.82, 2.24) is 20.4 Å². The van der Waals surface area contributed by atoms with Crippen LogP contribution in [0.4, 0.5) is 0 Å². The maximum absolute atomic E-state index is 5.63. The minimum atomic E-state index is 0.283. The molecular formula is C23H24N4O. The normalized spacial score (nSPS) is 12.4. The minimum Gasteiger partial charge on any atom is -0.334 e. The zero-order valence-corrected chi connectivity index (χ0v) is 16.7. The molecule has 4 rings (SSSR count). The average molecular weight is 372 g/mol. The van der Waals surface area contributed by atoms with Crippen molar-refractivity contribution in [3.05, 3.63) is 65.5 Å². The van der Waals surface area contributed by atoms with Gasteiger partial charge in [-0.15, -0.1) is 0 Å². The van der Waals surface area contributed by atoms with Gasteiger partial charge in [0.1, 0.15) is 0 Å². The molecule has 4 aromatic rings. The van der Waals surface area contributed by atoms with Crippen molar-refractivity contribution in [2.45, 2.75) is 33.2 Å². The summed E-state index contributed by atoms with van der Waals surface area (Å²) >= 11 is 0. The third kappa shape index (κ3) is 3.53. The number of para-hydroxylation sites is 1. The van der Waals surface area contributed by atoms with E-state index in [4.69, 9.17) is 9.51 Å². The Kier molecular flexibility index (Phi) is 4.92. The van der Waals surface area contributed by atoms with E-state index in [-0.39, 0.29) is 6.04 Å². The lowest BCUT2D eigenvalue weighted by molar-refractivity contribution is 0.418. The van der Waals surface area contributed by atoms with Crippen LogP contribution in [0.25, 0.3) is 33.6 Å². The molecule has 0 radical (unpaired) electrons. The molecule has 0 bridgehead atoms. The number of benzene rings is 2. The number of fused-ring (bicyclic) bond motifs is 1. The Morgan fingerprint density at radius 2 is 1.82 bits per heavy atom. The van der Waals surface area contributed by atoms with Crippen LogP contribution in [0.15, 0.2) is 53.1 Å². The molecule has 0 saturated heterocycles. The molecule has 0 spiro atoms. The fourth-order valence-corrected chi connectivity index (χ4v) is 3.41. The van der Waals surface area contributed by atoms with Crippen LogP contribution in [0, 0.1) is 13.8 Å². The minimum absolute atomic E-state index is 0.283. The van der Waals surface area contributed by atoms with Gasteiger partial charge < -0.3 is 9.84 Å². The summed E-state index contributed by atoms with van der Waals surface area (Å²) in [5.41, 5.74) is 6.29. The first-order valence-electron chi connectivity index (χ1n) is 9.53. The SMILES string of the molecule is CNC(C)Cc1noc(-c2cc(-c3ccc(C)cc3C)nc3ccccc23)n1. The Morgan fingerprint density at radius 1 is 1.00 bits per heavy atom. The van der Waals surface area contributed by atoms with E-state index in [2.05, 4.69) is 60.5 Å². The van der Waals surface area contributed by atoms with Crippen LogP contribution < -0.4 is 5.32 Å². The van der Waals surface area contributed by atoms with Crippen LogP contribution in [0.1, 0.15) is 23.9 Å². The van der Waals surface area contributed by atoms with Gasteiger partial charge in [0.15, 0.2) is 5.82 Å². The summed E-state index contributed by atoms with van der Waals surface area (Å²) in [6.07, 6.45) is 0.715. The quantitative estimate of drug-likeness (QED) is 0.549. The Hall–Kier alpha value is -3.05. The molecular weight excluding hydrogens is 348 g/mol. The van der Waals surface area contributed by atoms with Crippen molar-refractivity contribution < 1.29 is 4.52 Å². The van der Waals surface area contributed by atoms with Crippen LogP contribution in [0.5, 0.6) is 0 Å². The number of hydrogen-bond donors (Lipinski definition) is 1. The van der Waals surface area contributed by atoms with E-state index in [0.29, 0.717) is 18.1 Å². The number of hydrogen-bond acceptors (Lipinski definition) is 5. The summed E-state index contributed by atoms with van der Waals surface area (Å²) in [5, 5.41) is 8.38. The molecule has 0 aliphatic heterocycles. The maximum Gasteiger partial charge on any atom is 0.258 e. The molecule has 0 aliphatic rings. The smallest absolute Gasteiger partial charge is 0.258 e. The summed E-state index contributed by atoms with van der Waals surface area (Å²) in [6.45, 7) is 6.31. The van der Waals surface area contributed by atoms with Crippen LogP contribution in [0.3, 0.4) is 0 Å². The first-order valence-corrected chi connectivity index (χ1v) is 9.53. The fourth-order valence-electron chi connectivity index (χ4n) is 3.41. The van der Waals surface area contributed by atoms with Crippen molar-refractivity contribution in [3.63, 3.8) is 0 Å². The summed E-state index contributed by atoms with van der Waals surface area (Å²) in [6, 6.07) is 16.8.